The van der Waals surface area contributed by atoms with Gasteiger partial charge in [0.25, 0.3) is 0 Å². The monoisotopic (exact) mass is 317 g/mol. The summed E-state index contributed by atoms with van der Waals surface area (Å²) in [7, 11) is 0. The molecule has 0 bridgehead atoms. The summed E-state index contributed by atoms with van der Waals surface area (Å²) in [6.07, 6.45) is 4.65. The summed E-state index contributed by atoms with van der Waals surface area (Å²) >= 11 is 0. The third kappa shape index (κ3) is 9.62. The zero-order valence-electron chi connectivity index (χ0n) is 12.6. The van der Waals surface area contributed by atoms with Crippen molar-refractivity contribution in [1.29, 1.82) is 0 Å². The average molecular weight is 317 g/mol. The van der Waals surface area contributed by atoms with E-state index in [1.54, 1.807) is 24.5 Å². The SMILES string of the molecule is O=C(O)CCCCC(=O)Oc1cccc(O)c1.c1ccncc1. The first-order valence-corrected chi connectivity index (χ1v) is 7.14. The maximum absolute atomic E-state index is 11.3. The largest absolute Gasteiger partial charge is 0.508 e. The molecule has 0 saturated heterocycles. The molecule has 2 rings (SSSR count). The van der Waals surface area contributed by atoms with E-state index in [0.29, 0.717) is 12.8 Å². The standard InChI is InChI=1S/C12H14O5.C5H5N/c13-9-4-3-5-10(8-9)17-12(16)7-2-1-6-11(14)15;1-2-4-6-5-3-1/h3-5,8,13H,1-2,6-7H2,(H,14,15);1-5H. The molecule has 0 atom stereocenters. The smallest absolute Gasteiger partial charge is 0.311 e. The molecule has 6 heteroatoms. The summed E-state index contributed by atoms with van der Waals surface area (Å²) in [5.41, 5.74) is 0. The number of benzene rings is 1. The molecular weight excluding hydrogens is 298 g/mol. The number of aromatic hydroxyl groups is 1. The number of phenols is 1. The van der Waals surface area contributed by atoms with Crippen LogP contribution in [0.4, 0.5) is 0 Å². The quantitative estimate of drug-likeness (QED) is 0.483. The number of nitrogens with zero attached hydrogens (tertiary/aromatic N) is 1. The zero-order valence-corrected chi connectivity index (χ0v) is 12.6. The molecule has 2 N–H and O–H groups in total. The Morgan fingerprint density at radius 2 is 1.70 bits per heavy atom. The summed E-state index contributed by atoms with van der Waals surface area (Å²) in [6, 6.07) is 11.7. The van der Waals surface area contributed by atoms with Crippen LogP contribution in [0.2, 0.25) is 0 Å². The number of pyridine rings is 1. The van der Waals surface area contributed by atoms with Crippen LogP contribution in [0, 0.1) is 0 Å². The molecule has 0 unspecified atom stereocenters. The van der Waals surface area contributed by atoms with Crippen LogP contribution in [0.25, 0.3) is 0 Å². The van der Waals surface area contributed by atoms with Gasteiger partial charge in [-0.15, -0.1) is 0 Å². The Hall–Kier alpha value is -2.89. The first kappa shape index (κ1) is 18.2. The second-order valence-electron chi connectivity index (χ2n) is 4.60. The summed E-state index contributed by atoms with van der Waals surface area (Å²) in [5.74, 6) is -0.984. The molecule has 0 amide bonds. The van der Waals surface area contributed by atoms with Crippen molar-refractivity contribution in [3.63, 3.8) is 0 Å². The van der Waals surface area contributed by atoms with Gasteiger partial charge in [-0.1, -0.05) is 12.1 Å². The number of aromatic nitrogens is 1. The number of esters is 1. The number of hydrogen-bond donors (Lipinski definition) is 2. The Morgan fingerprint density at radius 3 is 2.22 bits per heavy atom. The van der Waals surface area contributed by atoms with Crippen molar-refractivity contribution in [2.45, 2.75) is 25.7 Å². The van der Waals surface area contributed by atoms with E-state index in [1.165, 1.54) is 12.1 Å². The van der Waals surface area contributed by atoms with Crippen molar-refractivity contribution < 1.29 is 24.5 Å². The van der Waals surface area contributed by atoms with E-state index < -0.39 is 11.9 Å². The highest BCUT2D eigenvalue weighted by molar-refractivity contribution is 5.72. The zero-order chi connectivity index (χ0) is 16.9. The number of phenolic OH excluding ortho intramolecular Hbond substituents is 1. The van der Waals surface area contributed by atoms with Crippen molar-refractivity contribution in [3.05, 3.63) is 54.9 Å². The fraction of sp³-hybridized carbons (Fsp3) is 0.235. The topological polar surface area (TPSA) is 96.7 Å². The number of aliphatic carboxylic acids is 1. The maximum Gasteiger partial charge on any atom is 0.311 e. The van der Waals surface area contributed by atoms with Crippen molar-refractivity contribution in [2.75, 3.05) is 0 Å². The van der Waals surface area contributed by atoms with Crippen molar-refractivity contribution in [3.8, 4) is 11.5 Å². The number of carbonyl (C=O) groups excluding carboxylic acids is 1. The summed E-state index contributed by atoms with van der Waals surface area (Å²) in [5, 5.41) is 17.5. The predicted octanol–water partition coefficient (Wildman–Crippen LogP) is 3.02. The van der Waals surface area contributed by atoms with Crippen LogP contribution in [0.1, 0.15) is 25.7 Å². The van der Waals surface area contributed by atoms with Gasteiger partial charge in [-0.2, -0.15) is 0 Å². The van der Waals surface area contributed by atoms with Crippen LogP contribution in [-0.4, -0.2) is 27.1 Å². The minimum absolute atomic E-state index is 0.0289. The first-order valence-electron chi connectivity index (χ1n) is 7.14. The van der Waals surface area contributed by atoms with Crippen LogP contribution in [0.15, 0.2) is 54.9 Å². The minimum Gasteiger partial charge on any atom is -0.508 e. The highest BCUT2D eigenvalue weighted by atomic mass is 16.5. The van der Waals surface area contributed by atoms with E-state index in [-0.39, 0.29) is 24.3 Å². The molecule has 2 aromatic rings. The fourth-order valence-corrected chi connectivity index (χ4v) is 1.59. The lowest BCUT2D eigenvalue weighted by molar-refractivity contribution is -0.138. The Bertz CT molecular complexity index is 574. The van der Waals surface area contributed by atoms with Crippen molar-refractivity contribution >= 4 is 11.9 Å². The number of carbonyl (C=O) groups is 2. The van der Waals surface area contributed by atoms with Gasteiger partial charge in [0.05, 0.1) is 0 Å². The first-order chi connectivity index (χ1) is 11.1. The van der Waals surface area contributed by atoms with Gasteiger partial charge in [-0.3, -0.25) is 14.6 Å². The second-order valence-corrected chi connectivity index (χ2v) is 4.60. The number of carboxylic acids is 1. The van der Waals surface area contributed by atoms with Gasteiger partial charge in [-0.25, -0.2) is 0 Å². The number of hydrogen-bond acceptors (Lipinski definition) is 5. The van der Waals surface area contributed by atoms with Crippen LogP contribution in [0.5, 0.6) is 11.5 Å². The molecule has 122 valence electrons. The lowest BCUT2D eigenvalue weighted by atomic mass is 10.2. The Morgan fingerprint density at radius 1 is 1.00 bits per heavy atom. The summed E-state index contributed by atoms with van der Waals surface area (Å²) in [4.78, 5) is 25.3. The maximum atomic E-state index is 11.3. The van der Waals surface area contributed by atoms with Crippen LogP contribution in [-0.2, 0) is 9.59 Å². The molecule has 1 aromatic carbocycles. The molecule has 0 fully saturated rings. The molecule has 0 aliphatic rings. The van der Waals surface area contributed by atoms with Gasteiger partial charge in [-0.05, 0) is 37.1 Å². The van der Waals surface area contributed by atoms with Gasteiger partial charge < -0.3 is 14.9 Å². The normalized spacial score (nSPS) is 9.39. The molecule has 6 nitrogen and oxygen atoms in total. The van der Waals surface area contributed by atoms with Crippen LogP contribution >= 0.6 is 0 Å². The fourth-order valence-electron chi connectivity index (χ4n) is 1.59. The van der Waals surface area contributed by atoms with E-state index >= 15 is 0 Å². The number of carboxylic acid groups (broad SMARTS) is 1. The Kier molecular flexibility index (Phi) is 8.51. The average Bonchev–Trinajstić information content (AvgIpc) is 2.54. The van der Waals surface area contributed by atoms with Crippen LogP contribution < -0.4 is 4.74 Å². The second kappa shape index (κ2) is 10.8. The van der Waals surface area contributed by atoms with E-state index in [2.05, 4.69) is 4.98 Å². The molecule has 23 heavy (non-hydrogen) atoms. The minimum atomic E-state index is -0.869. The Balaban J connectivity index is 0.000000366. The molecule has 1 heterocycles. The number of rotatable bonds is 6. The van der Waals surface area contributed by atoms with Crippen molar-refractivity contribution in [2.24, 2.45) is 0 Å². The van der Waals surface area contributed by atoms with Gasteiger partial charge in [0.15, 0.2) is 0 Å². The molecule has 0 saturated carbocycles. The molecule has 0 radical (unpaired) electrons. The number of ether oxygens (including phenoxy) is 1. The van der Waals surface area contributed by atoms with E-state index in [0.717, 1.165) is 0 Å². The van der Waals surface area contributed by atoms with Crippen LogP contribution in [0.3, 0.4) is 0 Å². The highest BCUT2D eigenvalue weighted by Crippen LogP contribution is 2.18. The molecule has 1 aromatic heterocycles. The molecule has 0 aliphatic heterocycles. The summed E-state index contributed by atoms with van der Waals surface area (Å²) < 4.78 is 4.96. The third-order valence-electron chi connectivity index (χ3n) is 2.64. The molecule has 0 aliphatic carbocycles. The van der Waals surface area contributed by atoms with Gasteiger partial charge in [0.2, 0.25) is 0 Å². The molecule has 0 spiro atoms. The van der Waals surface area contributed by atoms with E-state index in [1.807, 2.05) is 18.2 Å². The van der Waals surface area contributed by atoms with E-state index in [9.17, 15) is 9.59 Å². The highest BCUT2D eigenvalue weighted by Gasteiger charge is 2.06. The van der Waals surface area contributed by atoms with E-state index in [4.69, 9.17) is 14.9 Å². The lowest BCUT2D eigenvalue weighted by Crippen LogP contribution is -2.07. The lowest BCUT2D eigenvalue weighted by Gasteiger charge is -2.04. The van der Waals surface area contributed by atoms with Gasteiger partial charge in [0, 0.05) is 31.3 Å². The number of unbranched alkanes of at least 4 members (excludes halogenated alkanes) is 1. The Labute approximate surface area is 134 Å². The summed E-state index contributed by atoms with van der Waals surface area (Å²) in [6.45, 7) is 0. The predicted molar refractivity (Wildman–Crippen MR) is 84.1 cm³/mol. The van der Waals surface area contributed by atoms with Gasteiger partial charge >= 0.3 is 11.9 Å². The van der Waals surface area contributed by atoms with Crippen molar-refractivity contribution in [1.82, 2.24) is 4.98 Å². The van der Waals surface area contributed by atoms with Gasteiger partial charge in [0.1, 0.15) is 11.5 Å². The molecular formula is C17H19NO5. The third-order valence-corrected chi connectivity index (χ3v) is 2.64.